The van der Waals surface area contributed by atoms with E-state index in [-0.39, 0.29) is 5.92 Å². The Morgan fingerprint density at radius 1 is 1.43 bits per heavy atom. The van der Waals surface area contributed by atoms with Crippen LogP contribution in [0.3, 0.4) is 0 Å². The summed E-state index contributed by atoms with van der Waals surface area (Å²) in [6.07, 6.45) is 2.72. The molecule has 1 fully saturated rings. The molecule has 1 aliphatic rings. The maximum Gasteiger partial charge on any atom is 0.329 e. The number of carboxylic acids is 1. The molecule has 0 spiro atoms. The largest absolute Gasteiger partial charge is 0.480 e. The summed E-state index contributed by atoms with van der Waals surface area (Å²) < 4.78 is 0. The highest BCUT2D eigenvalue weighted by atomic mass is 16.4. The Balaban J connectivity index is 2.11. The Morgan fingerprint density at radius 3 is 2.67 bits per heavy atom. The van der Waals surface area contributed by atoms with Gasteiger partial charge in [-0.1, -0.05) is 19.8 Å². The molecule has 0 saturated heterocycles. The molecule has 116 valence electrons. The molecule has 0 radical (unpaired) electrons. The van der Waals surface area contributed by atoms with Gasteiger partial charge in [-0.05, 0) is 32.6 Å². The van der Waals surface area contributed by atoms with Crippen LogP contribution < -0.4 is 10.6 Å². The second kappa shape index (κ2) is 5.75. The van der Waals surface area contributed by atoms with Crippen molar-refractivity contribution in [3.8, 4) is 0 Å². The first-order valence-electron chi connectivity index (χ1n) is 7.18. The van der Waals surface area contributed by atoms with Gasteiger partial charge in [0.25, 0.3) is 0 Å². The van der Waals surface area contributed by atoms with Crippen molar-refractivity contribution in [1.29, 1.82) is 0 Å². The summed E-state index contributed by atoms with van der Waals surface area (Å²) >= 11 is 0. The van der Waals surface area contributed by atoms with E-state index in [0.29, 0.717) is 24.2 Å². The second-order valence-corrected chi connectivity index (χ2v) is 5.98. The molecular formula is C14H22N4O3. The number of urea groups is 1. The summed E-state index contributed by atoms with van der Waals surface area (Å²) in [5.41, 5.74) is 0.831. The SMILES string of the molecule is Cc1n[nH]c(C)c1NC(=O)NC1(C(=O)O)CCCC(C)C1. The lowest BCUT2D eigenvalue weighted by atomic mass is 9.76. The molecule has 1 heterocycles. The van der Waals surface area contributed by atoms with Crippen molar-refractivity contribution >= 4 is 17.7 Å². The summed E-state index contributed by atoms with van der Waals surface area (Å²) in [7, 11) is 0. The van der Waals surface area contributed by atoms with E-state index in [4.69, 9.17) is 0 Å². The zero-order valence-corrected chi connectivity index (χ0v) is 12.6. The molecule has 4 N–H and O–H groups in total. The molecule has 0 bridgehead atoms. The summed E-state index contributed by atoms with van der Waals surface area (Å²) in [4.78, 5) is 23.8. The van der Waals surface area contributed by atoms with Crippen LogP contribution in [-0.2, 0) is 4.79 Å². The molecular weight excluding hydrogens is 272 g/mol. The Morgan fingerprint density at radius 2 is 2.14 bits per heavy atom. The molecule has 21 heavy (non-hydrogen) atoms. The predicted octanol–water partition coefficient (Wildman–Crippen LogP) is 2.18. The van der Waals surface area contributed by atoms with Crippen LogP contribution >= 0.6 is 0 Å². The standard InChI is InChI=1S/C14H22N4O3/c1-8-5-4-6-14(7-8,12(19)20)16-13(21)15-11-9(2)17-18-10(11)3/h8H,4-7H2,1-3H3,(H,17,18)(H,19,20)(H2,15,16,21). The lowest BCUT2D eigenvalue weighted by Crippen LogP contribution is -2.57. The number of nitrogens with one attached hydrogen (secondary N) is 3. The summed E-state index contributed by atoms with van der Waals surface area (Å²) in [5, 5.41) is 21.7. The quantitative estimate of drug-likeness (QED) is 0.685. The van der Waals surface area contributed by atoms with Gasteiger partial charge in [-0.25, -0.2) is 9.59 Å². The van der Waals surface area contributed by atoms with Gasteiger partial charge in [0, 0.05) is 0 Å². The van der Waals surface area contributed by atoms with E-state index in [1.165, 1.54) is 0 Å². The molecule has 7 nitrogen and oxygen atoms in total. The average molecular weight is 294 g/mol. The number of H-pyrrole nitrogens is 1. The van der Waals surface area contributed by atoms with E-state index in [9.17, 15) is 14.7 Å². The van der Waals surface area contributed by atoms with Crippen molar-refractivity contribution in [2.75, 3.05) is 5.32 Å². The van der Waals surface area contributed by atoms with E-state index >= 15 is 0 Å². The maximum absolute atomic E-state index is 12.2. The van der Waals surface area contributed by atoms with Crippen LogP contribution in [0, 0.1) is 19.8 Å². The summed E-state index contributed by atoms with van der Waals surface area (Å²) in [5.74, 6) is -0.683. The van der Waals surface area contributed by atoms with E-state index < -0.39 is 17.5 Å². The van der Waals surface area contributed by atoms with Gasteiger partial charge in [0.15, 0.2) is 0 Å². The molecule has 2 rings (SSSR count). The fourth-order valence-electron chi connectivity index (χ4n) is 3.01. The van der Waals surface area contributed by atoms with Crippen LogP contribution in [-0.4, -0.2) is 32.8 Å². The smallest absolute Gasteiger partial charge is 0.329 e. The van der Waals surface area contributed by atoms with Gasteiger partial charge in [0.1, 0.15) is 5.54 Å². The van der Waals surface area contributed by atoms with Crippen molar-refractivity contribution in [1.82, 2.24) is 15.5 Å². The summed E-state index contributed by atoms with van der Waals surface area (Å²) in [6, 6.07) is -0.501. The number of hydrogen-bond acceptors (Lipinski definition) is 3. The molecule has 0 aromatic carbocycles. The topological polar surface area (TPSA) is 107 Å². The third kappa shape index (κ3) is 3.17. The fraction of sp³-hybridized carbons (Fsp3) is 0.643. The monoisotopic (exact) mass is 294 g/mol. The van der Waals surface area contributed by atoms with Crippen molar-refractivity contribution in [3.63, 3.8) is 0 Å². The van der Waals surface area contributed by atoms with Crippen LogP contribution in [0.25, 0.3) is 0 Å². The molecule has 0 aliphatic heterocycles. The highest BCUT2D eigenvalue weighted by Gasteiger charge is 2.43. The number of aromatic nitrogens is 2. The first-order valence-corrected chi connectivity index (χ1v) is 7.18. The van der Waals surface area contributed by atoms with Crippen molar-refractivity contribution in [2.24, 2.45) is 5.92 Å². The number of carboxylic acid groups (broad SMARTS) is 1. The highest BCUT2D eigenvalue weighted by molar-refractivity contribution is 5.94. The number of aromatic amines is 1. The van der Waals surface area contributed by atoms with E-state index in [1.54, 1.807) is 13.8 Å². The second-order valence-electron chi connectivity index (χ2n) is 5.98. The highest BCUT2D eigenvalue weighted by Crippen LogP contribution is 2.32. The minimum Gasteiger partial charge on any atom is -0.480 e. The maximum atomic E-state index is 12.2. The molecule has 1 saturated carbocycles. The Labute approximate surface area is 123 Å². The Hall–Kier alpha value is -2.05. The zero-order valence-electron chi connectivity index (χ0n) is 12.6. The molecule has 1 aliphatic carbocycles. The first kappa shape index (κ1) is 15.3. The number of aryl methyl sites for hydroxylation is 2. The van der Waals surface area contributed by atoms with Gasteiger partial charge >= 0.3 is 12.0 Å². The number of amides is 2. The lowest BCUT2D eigenvalue weighted by Gasteiger charge is -2.36. The Kier molecular flexibility index (Phi) is 4.20. The number of hydrogen-bond donors (Lipinski definition) is 4. The van der Waals surface area contributed by atoms with Gasteiger partial charge in [-0.15, -0.1) is 0 Å². The van der Waals surface area contributed by atoms with Crippen LogP contribution in [0.5, 0.6) is 0 Å². The van der Waals surface area contributed by atoms with Gasteiger partial charge < -0.3 is 15.7 Å². The molecule has 2 unspecified atom stereocenters. The van der Waals surface area contributed by atoms with Gasteiger partial charge in [0.05, 0.1) is 17.1 Å². The van der Waals surface area contributed by atoms with Crippen LogP contribution in [0.1, 0.15) is 44.0 Å². The zero-order chi connectivity index (χ0) is 15.6. The van der Waals surface area contributed by atoms with Crippen LogP contribution in [0.4, 0.5) is 10.5 Å². The molecule has 2 atom stereocenters. The number of aliphatic carboxylic acids is 1. The number of carbonyl (C=O) groups is 2. The van der Waals surface area contributed by atoms with Crippen molar-refractivity contribution in [3.05, 3.63) is 11.4 Å². The normalized spacial score (nSPS) is 25.4. The number of rotatable bonds is 3. The lowest BCUT2D eigenvalue weighted by molar-refractivity contribution is -0.146. The van der Waals surface area contributed by atoms with Crippen LogP contribution in [0.15, 0.2) is 0 Å². The van der Waals surface area contributed by atoms with Crippen molar-refractivity contribution in [2.45, 2.75) is 52.0 Å². The third-order valence-corrected chi connectivity index (χ3v) is 4.13. The third-order valence-electron chi connectivity index (χ3n) is 4.13. The minimum absolute atomic E-state index is 0.285. The fourth-order valence-corrected chi connectivity index (χ4v) is 3.01. The average Bonchev–Trinajstić information content (AvgIpc) is 2.70. The number of carbonyl (C=O) groups excluding carboxylic acids is 1. The summed E-state index contributed by atoms with van der Waals surface area (Å²) in [6.45, 7) is 5.58. The van der Waals surface area contributed by atoms with Gasteiger partial charge in [-0.2, -0.15) is 5.10 Å². The number of nitrogens with zero attached hydrogens (tertiary/aromatic N) is 1. The Bertz CT molecular complexity index is 535. The van der Waals surface area contributed by atoms with E-state index in [0.717, 1.165) is 18.5 Å². The number of anilines is 1. The molecule has 1 aromatic heterocycles. The van der Waals surface area contributed by atoms with Gasteiger partial charge in [0.2, 0.25) is 0 Å². The van der Waals surface area contributed by atoms with Crippen LogP contribution in [0.2, 0.25) is 0 Å². The van der Waals surface area contributed by atoms with Gasteiger partial charge in [-0.3, -0.25) is 5.10 Å². The minimum atomic E-state index is -1.17. The van der Waals surface area contributed by atoms with E-state index in [1.807, 2.05) is 6.92 Å². The molecule has 7 heteroatoms. The molecule has 2 amide bonds. The first-order chi connectivity index (χ1) is 9.84. The van der Waals surface area contributed by atoms with Crippen molar-refractivity contribution < 1.29 is 14.7 Å². The predicted molar refractivity (Wildman–Crippen MR) is 78.2 cm³/mol. The molecule has 1 aromatic rings. The van der Waals surface area contributed by atoms with E-state index in [2.05, 4.69) is 20.8 Å².